The van der Waals surface area contributed by atoms with E-state index in [1.807, 2.05) is 6.92 Å². The maximum Gasteiger partial charge on any atom is 0.315 e. The molecule has 0 atom stereocenters. The van der Waals surface area contributed by atoms with Gasteiger partial charge in [-0.3, -0.25) is 0 Å². The van der Waals surface area contributed by atoms with Crippen molar-refractivity contribution in [2.75, 3.05) is 40.4 Å². The summed E-state index contributed by atoms with van der Waals surface area (Å²) in [5.74, 6) is 0. The molecule has 0 unspecified atom stereocenters. The second-order valence-corrected chi connectivity index (χ2v) is 5.22. The molecule has 1 heterocycles. The van der Waals surface area contributed by atoms with Gasteiger partial charge in [-0.15, -0.1) is 0 Å². The predicted molar refractivity (Wildman–Crippen MR) is 72.7 cm³/mol. The first-order chi connectivity index (χ1) is 8.46. The summed E-state index contributed by atoms with van der Waals surface area (Å²) in [4.78, 5) is 13.8. The molecule has 0 aromatic carbocycles. The van der Waals surface area contributed by atoms with Crippen LogP contribution in [-0.4, -0.2) is 56.9 Å². The Bertz CT molecular complexity index is 297. The lowest BCUT2D eigenvalue weighted by Crippen LogP contribution is -2.56. The SMILES string of the molecule is C=C(C)CNC(=O)NCC1(N(C)C)CCOCC1. The highest BCUT2D eigenvalue weighted by Gasteiger charge is 2.34. The number of likely N-dealkylation sites (N-methyl/N-ethyl adjacent to an activating group) is 1. The minimum absolute atomic E-state index is 0.0127. The molecule has 0 aromatic heterocycles. The Balaban J connectivity index is 2.42. The minimum Gasteiger partial charge on any atom is -0.381 e. The molecule has 0 aromatic rings. The minimum atomic E-state index is -0.134. The van der Waals surface area contributed by atoms with Crippen molar-refractivity contribution in [1.29, 1.82) is 0 Å². The summed E-state index contributed by atoms with van der Waals surface area (Å²) in [7, 11) is 4.11. The van der Waals surface area contributed by atoms with Gasteiger partial charge in [-0.2, -0.15) is 0 Å². The van der Waals surface area contributed by atoms with Gasteiger partial charge in [0.1, 0.15) is 0 Å². The van der Waals surface area contributed by atoms with Gasteiger partial charge in [-0.25, -0.2) is 4.79 Å². The third-order valence-corrected chi connectivity index (χ3v) is 3.50. The maximum atomic E-state index is 11.6. The van der Waals surface area contributed by atoms with Crippen LogP contribution >= 0.6 is 0 Å². The summed E-state index contributed by atoms with van der Waals surface area (Å²) in [6.07, 6.45) is 1.89. The number of urea groups is 1. The van der Waals surface area contributed by atoms with Crippen molar-refractivity contribution in [3.8, 4) is 0 Å². The van der Waals surface area contributed by atoms with Crippen molar-refractivity contribution in [3.63, 3.8) is 0 Å². The first-order valence-electron chi connectivity index (χ1n) is 6.37. The summed E-state index contributed by atoms with van der Waals surface area (Å²) in [6, 6.07) is -0.134. The average Bonchev–Trinajstić information content (AvgIpc) is 2.34. The second-order valence-electron chi connectivity index (χ2n) is 5.22. The number of carbonyl (C=O) groups excluding carboxylic acids is 1. The molecule has 0 spiro atoms. The number of carbonyl (C=O) groups is 1. The Kier molecular flexibility index (Phi) is 5.62. The van der Waals surface area contributed by atoms with E-state index in [-0.39, 0.29) is 11.6 Å². The zero-order chi connectivity index (χ0) is 13.6. The zero-order valence-electron chi connectivity index (χ0n) is 11.7. The molecule has 18 heavy (non-hydrogen) atoms. The lowest BCUT2D eigenvalue weighted by atomic mass is 9.88. The normalized spacial score (nSPS) is 18.4. The number of rotatable bonds is 5. The fourth-order valence-electron chi connectivity index (χ4n) is 2.07. The third kappa shape index (κ3) is 4.31. The van der Waals surface area contributed by atoms with Crippen LogP contribution < -0.4 is 10.6 Å². The van der Waals surface area contributed by atoms with Gasteiger partial charge in [0.15, 0.2) is 0 Å². The van der Waals surface area contributed by atoms with E-state index in [0.29, 0.717) is 13.1 Å². The molecule has 1 aliphatic rings. The van der Waals surface area contributed by atoms with Crippen LogP contribution in [0.3, 0.4) is 0 Å². The largest absolute Gasteiger partial charge is 0.381 e. The van der Waals surface area contributed by atoms with Gasteiger partial charge in [0.05, 0.1) is 0 Å². The van der Waals surface area contributed by atoms with Crippen LogP contribution in [0.15, 0.2) is 12.2 Å². The monoisotopic (exact) mass is 255 g/mol. The van der Waals surface area contributed by atoms with Crippen molar-refractivity contribution >= 4 is 6.03 Å². The summed E-state index contributed by atoms with van der Waals surface area (Å²) in [5, 5.41) is 5.72. The van der Waals surface area contributed by atoms with Crippen molar-refractivity contribution in [1.82, 2.24) is 15.5 Å². The topological polar surface area (TPSA) is 53.6 Å². The molecular formula is C13H25N3O2. The van der Waals surface area contributed by atoms with Gasteiger partial charge in [-0.05, 0) is 33.9 Å². The fourth-order valence-corrected chi connectivity index (χ4v) is 2.07. The van der Waals surface area contributed by atoms with Gasteiger partial charge in [0.25, 0.3) is 0 Å². The van der Waals surface area contributed by atoms with Crippen molar-refractivity contribution in [3.05, 3.63) is 12.2 Å². The molecule has 1 aliphatic heterocycles. The molecule has 0 bridgehead atoms. The highest BCUT2D eigenvalue weighted by Crippen LogP contribution is 2.24. The number of amides is 2. The van der Waals surface area contributed by atoms with Crippen LogP contribution in [0.1, 0.15) is 19.8 Å². The molecule has 0 radical (unpaired) electrons. The number of ether oxygens (including phenoxy) is 1. The predicted octanol–water partition coefficient (Wildman–Crippen LogP) is 0.972. The Hall–Kier alpha value is -1.07. The molecule has 1 rings (SSSR count). The number of hydrogen-bond acceptors (Lipinski definition) is 3. The second kappa shape index (κ2) is 6.75. The van der Waals surface area contributed by atoms with Gasteiger partial charge >= 0.3 is 6.03 Å². The van der Waals surface area contributed by atoms with E-state index in [2.05, 4.69) is 36.2 Å². The van der Waals surface area contributed by atoms with Crippen molar-refractivity contribution < 1.29 is 9.53 Å². The molecule has 0 saturated carbocycles. The standard InChI is InChI=1S/C13H25N3O2/c1-11(2)9-14-12(17)15-10-13(16(3)4)5-7-18-8-6-13/h1,5-10H2,2-4H3,(H2,14,15,17). The highest BCUT2D eigenvalue weighted by molar-refractivity contribution is 5.74. The van der Waals surface area contributed by atoms with Crippen molar-refractivity contribution in [2.24, 2.45) is 0 Å². The molecule has 104 valence electrons. The van der Waals surface area contributed by atoms with Gasteiger partial charge < -0.3 is 20.3 Å². The summed E-state index contributed by atoms with van der Waals surface area (Å²) in [6.45, 7) is 8.32. The summed E-state index contributed by atoms with van der Waals surface area (Å²) >= 11 is 0. The van der Waals surface area contributed by atoms with Gasteiger partial charge in [0, 0.05) is 31.8 Å². The van der Waals surface area contributed by atoms with Crippen LogP contribution in [0.2, 0.25) is 0 Å². The quantitative estimate of drug-likeness (QED) is 0.720. The van der Waals surface area contributed by atoms with Crippen LogP contribution in [-0.2, 0) is 4.74 Å². The zero-order valence-corrected chi connectivity index (χ0v) is 11.7. The van der Waals surface area contributed by atoms with Crippen LogP contribution in [0.25, 0.3) is 0 Å². The molecule has 1 saturated heterocycles. The Morgan fingerprint density at radius 1 is 1.33 bits per heavy atom. The average molecular weight is 255 g/mol. The van der Waals surface area contributed by atoms with E-state index in [4.69, 9.17) is 4.74 Å². The van der Waals surface area contributed by atoms with Crippen molar-refractivity contribution in [2.45, 2.75) is 25.3 Å². The lowest BCUT2D eigenvalue weighted by molar-refractivity contribution is -0.00570. The van der Waals surface area contributed by atoms with Crippen LogP contribution in [0, 0.1) is 0 Å². The van der Waals surface area contributed by atoms with E-state index in [0.717, 1.165) is 31.6 Å². The maximum absolute atomic E-state index is 11.6. The lowest BCUT2D eigenvalue weighted by Gasteiger charge is -2.42. The molecular weight excluding hydrogens is 230 g/mol. The highest BCUT2D eigenvalue weighted by atomic mass is 16.5. The Labute approximate surface area is 110 Å². The van der Waals surface area contributed by atoms with E-state index >= 15 is 0 Å². The molecule has 1 fully saturated rings. The molecule has 5 heteroatoms. The van der Waals surface area contributed by atoms with Gasteiger partial charge in [-0.1, -0.05) is 12.2 Å². The first kappa shape index (κ1) is 15.0. The van der Waals surface area contributed by atoms with Crippen LogP contribution in [0.4, 0.5) is 4.79 Å². The third-order valence-electron chi connectivity index (χ3n) is 3.50. The molecule has 2 amide bonds. The Morgan fingerprint density at radius 2 is 1.94 bits per heavy atom. The van der Waals surface area contributed by atoms with E-state index in [1.54, 1.807) is 0 Å². The number of nitrogens with one attached hydrogen (secondary N) is 2. The smallest absolute Gasteiger partial charge is 0.315 e. The number of hydrogen-bond donors (Lipinski definition) is 2. The van der Waals surface area contributed by atoms with Gasteiger partial charge in [0.2, 0.25) is 0 Å². The Morgan fingerprint density at radius 3 is 2.44 bits per heavy atom. The molecule has 5 nitrogen and oxygen atoms in total. The number of nitrogens with zero attached hydrogens (tertiary/aromatic N) is 1. The molecule has 0 aliphatic carbocycles. The summed E-state index contributed by atoms with van der Waals surface area (Å²) < 4.78 is 5.39. The fraction of sp³-hybridized carbons (Fsp3) is 0.769. The molecule has 2 N–H and O–H groups in total. The van der Waals surface area contributed by atoms with E-state index < -0.39 is 0 Å². The van der Waals surface area contributed by atoms with E-state index in [1.165, 1.54) is 0 Å². The first-order valence-corrected chi connectivity index (χ1v) is 6.37. The van der Waals surface area contributed by atoms with E-state index in [9.17, 15) is 4.79 Å². The van der Waals surface area contributed by atoms with Crippen LogP contribution in [0.5, 0.6) is 0 Å². The summed E-state index contributed by atoms with van der Waals surface area (Å²) in [5.41, 5.74) is 0.956.